The van der Waals surface area contributed by atoms with Gasteiger partial charge in [-0.3, -0.25) is 0 Å². The Morgan fingerprint density at radius 3 is 2.88 bits per heavy atom. The maximum absolute atomic E-state index is 9.53. The van der Waals surface area contributed by atoms with Crippen molar-refractivity contribution in [3.63, 3.8) is 0 Å². The molecule has 0 bridgehead atoms. The van der Waals surface area contributed by atoms with E-state index in [-0.39, 0.29) is 11.9 Å². The van der Waals surface area contributed by atoms with Crippen LogP contribution in [0.5, 0.6) is 5.75 Å². The van der Waals surface area contributed by atoms with Crippen LogP contribution < -0.4 is 5.32 Å². The molecule has 0 aliphatic rings. The molecular formula is C12H18BrNO2. The fourth-order valence-corrected chi connectivity index (χ4v) is 1.89. The molecule has 0 fully saturated rings. The number of phenolic OH excluding ortho intramolecular Hbond substituents is 1. The highest BCUT2D eigenvalue weighted by Gasteiger charge is 2.04. The highest BCUT2D eigenvalue weighted by molar-refractivity contribution is 9.10. The number of rotatable bonds is 6. The van der Waals surface area contributed by atoms with E-state index in [2.05, 4.69) is 28.2 Å². The summed E-state index contributed by atoms with van der Waals surface area (Å²) in [6.45, 7) is 3.26. The van der Waals surface area contributed by atoms with Crippen LogP contribution in [0.25, 0.3) is 0 Å². The molecule has 0 heterocycles. The van der Waals surface area contributed by atoms with Crippen molar-refractivity contribution < 1.29 is 10.2 Å². The number of halogens is 1. The SMILES string of the molecule is CCCC(O)CNCc1cc(O)ccc1Br. The molecule has 0 radical (unpaired) electrons. The van der Waals surface area contributed by atoms with Crippen molar-refractivity contribution in [1.82, 2.24) is 5.32 Å². The Kier molecular flexibility index (Phi) is 5.80. The first-order valence-corrected chi connectivity index (χ1v) is 6.29. The van der Waals surface area contributed by atoms with Crippen LogP contribution in [0.2, 0.25) is 0 Å². The van der Waals surface area contributed by atoms with Crippen molar-refractivity contribution in [3.8, 4) is 5.75 Å². The summed E-state index contributed by atoms with van der Waals surface area (Å²) in [6, 6.07) is 5.16. The third-order valence-corrected chi connectivity index (χ3v) is 3.12. The molecule has 3 N–H and O–H groups in total. The summed E-state index contributed by atoms with van der Waals surface area (Å²) in [4.78, 5) is 0. The van der Waals surface area contributed by atoms with E-state index >= 15 is 0 Å². The van der Waals surface area contributed by atoms with Gasteiger partial charge in [0.25, 0.3) is 0 Å². The number of phenols is 1. The van der Waals surface area contributed by atoms with Crippen LogP contribution in [0.4, 0.5) is 0 Å². The van der Waals surface area contributed by atoms with E-state index in [1.54, 1.807) is 12.1 Å². The number of aliphatic hydroxyl groups is 1. The van der Waals surface area contributed by atoms with Gasteiger partial charge in [-0.2, -0.15) is 0 Å². The topological polar surface area (TPSA) is 52.5 Å². The number of hydrogen-bond acceptors (Lipinski definition) is 3. The fraction of sp³-hybridized carbons (Fsp3) is 0.500. The molecule has 0 aliphatic heterocycles. The molecule has 0 aromatic heterocycles. The minimum absolute atomic E-state index is 0.258. The van der Waals surface area contributed by atoms with Crippen LogP contribution in [0.1, 0.15) is 25.3 Å². The monoisotopic (exact) mass is 287 g/mol. The largest absolute Gasteiger partial charge is 0.508 e. The zero-order valence-electron chi connectivity index (χ0n) is 9.41. The second kappa shape index (κ2) is 6.89. The molecule has 1 rings (SSSR count). The Bertz CT molecular complexity index is 331. The summed E-state index contributed by atoms with van der Waals surface area (Å²) in [6.07, 6.45) is 1.51. The molecule has 0 saturated heterocycles. The molecule has 1 aromatic carbocycles. The van der Waals surface area contributed by atoms with Crippen LogP contribution in [0, 0.1) is 0 Å². The van der Waals surface area contributed by atoms with Gasteiger partial charge in [0, 0.05) is 17.6 Å². The van der Waals surface area contributed by atoms with E-state index in [1.165, 1.54) is 0 Å². The highest BCUT2D eigenvalue weighted by Crippen LogP contribution is 2.21. The fourth-order valence-electron chi connectivity index (χ4n) is 1.51. The summed E-state index contributed by atoms with van der Waals surface area (Å²) in [5.74, 6) is 0.258. The Morgan fingerprint density at radius 2 is 2.19 bits per heavy atom. The Labute approximate surface area is 105 Å². The molecule has 1 aromatic rings. The standard InChI is InChI=1S/C12H18BrNO2/c1-2-3-11(16)8-14-7-9-6-10(15)4-5-12(9)13/h4-6,11,14-16H,2-3,7-8H2,1H3. The Balaban J connectivity index is 2.39. The predicted molar refractivity (Wildman–Crippen MR) is 68.4 cm³/mol. The van der Waals surface area contributed by atoms with Crippen LogP contribution in [0.15, 0.2) is 22.7 Å². The van der Waals surface area contributed by atoms with Gasteiger partial charge in [0.2, 0.25) is 0 Å². The van der Waals surface area contributed by atoms with Crippen molar-refractivity contribution in [1.29, 1.82) is 0 Å². The predicted octanol–water partition coefficient (Wildman–Crippen LogP) is 2.41. The van der Waals surface area contributed by atoms with Gasteiger partial charge in [0.05, 0.1) is 6.10 Å². The van der Waals surface area contributed by atoms with E-state index < -0.39 is 0 Å². The van der Waals surface area contributed by atoms with Crippen molar-refractivity contribution in [2.45, 2.75) is 32.4 Å². The number of aromatic hydroxyl groups is 1. The summed E-state index contributed by atoms with van der Waals surface area (Å²) < 4.78 is 0.961. The highest BCUT2D eigenvalue weighted by atomic mass is 79.9. The second-order valence-corrected chi connectivity index (χ2v) is 4.70. The third-order valence-electron chi connectivity index (χ3n) is 2.35. The molecule has 0 spiro atoms. The molecule has 0 amide bonds. The van der Waals surface area contributed by atoms with Crippen LogP contribution in [0.3, 0.4) is 0 Å². The normalized spacial score (nSPS) is 12.7. The van der Waals surface area contributed by atoms with Crippen LogP contribution >= 0.6 is 15.9 Å². The molecular weight excluding hydrogens is 270 g/mol. The van der Waals surface area contributed by atoms with Crippen molar-refractivity contribution in [2.24, 2.45) is 0 Å². The smallest absolute Gasteiger partial charge is 0.115 e. The van der Waals surface area contributed by atoms with E-state index in [4.69, 9.17) is 0 Å². The van der Waals surface area contributed by atoms with Crippen molar-refractivity contribution in [2.75, 3.05) is 6.54 Å². The lowest BCUT2D eigenvalue weighted by atomic mass is 10.2. The van der Waals surface area contributed by atoms with Gasteiger partial charge in [0.1, 0.15) is 5.75 Å². The zero-order chi connectivity index (χ0) is 12.0. The van der Waals surface area contributed by atoms with Gasteiger partial charge in [-0.25, -0.2) is 0 Å². The minimum atomic E-state index is -0.291. The molecule has 3 nitrogen and oxygen atoms in total. The van der Waals surface area contributed by atoms with Gasteiger partial charge >= 0.3 is 0 Å². The van der Waals surface area contributed by atoms with Gasteiger partial charge < -0.3 is 15.5 Å². The molecule has 1 unspecified atom stereocenters. The zero-order valence-corrected chi connectivity index (χ0v) is 11.0. The summed E-state index contributed by atoms with van der Waals surface area (Å²) >= 11 is 3.41. The van der Waals surface area contributed by atoms with Gasteiger partial charge in [0.15, 0.2) is 0 Å². The lowest BCUT2D eigenvalue weighted by molar-refractivity contribution is 0.160. The Hall–Kier alpha value is -0.580. The average Bonchev–Trinajstić information content (AvgIpc) is 2.23. The minimum Gasteiger partial charge on any atom is -0.508 e. The summed E-state index contributed by atoms with van der Waals surface area (Å²) in [5, 5.41) is 22.0. The van der Waals surface area contributed by atoms with Crippen molar-refractivity contribution >= 4 is 15.9 Å². The van der Waals surface area contributed by atoms with E-state index in [0.29, 0.717) is 13.1 Å². The van der Waals surface area contributed by atoms with E-state index in [0.717, 1.165) is 22.9 Å². The lowest BCUT2D eigenvalue weighted by Gasteiger charge is -2.11. The van der Waals surface area contributed by atoms with E-state index in [1.807, 2.05) is 6.07 Å². The number of aliphatic hydroxyl groups excluding tert-OH is 1. The number of hydrogen-bond donors (Lipinski definition) is 3. The third kappa shape index (κ3) is 4.51. The maximum Gasteiger partial charge on any atom is 0.115 e. The van der Waals surface area contributed by atoms with Gasteiger partial charge in [-0.15, -0.1) is 0 Å². The average molecular weight is 288 g/mol. The Morgan fingerprint density at radius 1 is 1.44 bits per heavy atom. The molecule has 90 valence electrons. The summed E-state index contributed by atoms with van der Waals surface area (Å²) in [7, 11) is 0. The lowest BCUT2D eigenvalue weighted by Crippen LogP contribution is -2.26. The first-order valence-electron chi connectivity index (χ1n) is 5.49. The first kappa shape index (κ1) is 13.5. The van der Waals surface area contributed by atoms with Gasteiger partial charge in [-0.05, 0) is 30.2 Å². The first-order chi connectivity index (χ1) is 7.63. The van der Waals surface area contributed by atoms with Crippen LogP contribution in [-0.2, 0) is 6.54 Å². The van der Waals surface area contributed by atoms with E-state index in [9.17, 15) is 10.2 Å². The quantitative estimate of drug-likeness (QED) is 0.753. The van der Waals surface area contributed by atoms with Gasteiger partial charge in [-0.1, -0.05) is 29.3 Å². The maximum atomic E-state index is 9.53. The van der Waals surface area contributed by atoms with Crippen LogP contribution in [-0.4, -0.2) is 22.9 Å². The second-order valence-electron chi connectivity index (χ2n) is 3.85. The molecule has 1 atom stereocenters. The molecule has 0 saturated carbocycles. The molecule has 0 aliphatic carbocycles. The molecule has 16 heavy (non-hydrogen) atoms. The molecule has 4 heteroatoms. The number of nitrogens with one attached hydrogen (secondary N) is 1. The van der Waals surface area contributed by atoms with Crippen molar-refractivity contribution in [3.05, 3.63) is 28.2 Å². The summed E-state index contributed by atoms with van der Waals surface area (Å²) in [5.41, 5.74) is 0.990. The number of benzene rings is 1.